The van der Waals surface area contributed by atoms with Gasteiger partial charge in [0, 0.05) is 17.8 Å². The Morgan fingerprint density at radius 3 is 2.48 bits per heavy atom. The zero-order chi connectivity index (χ0) is 19.7. The van der Waals surface area contributed by atoms with Gasteiger partial charge in [-0.1, -0.05) is 26.0 Å². The molecule has 0 aliphatic carbocycles. The van der Waals surface area contributed by atoms with E-state index in [9.17, 15) is 19.1 Å². The average molecular weight is 387 g/mol. The van der Waals surface area contributed by atoms with Crippen LogP contribution in [0, 0.1) is 18.7 Å². The fourth-order valence-corrected chi connectivity index (χ4v) is 4.35. The first-order chi connectivity index (χ1) is 12.8. The van der Waals surface area contributed by atoms with Crippen molar-refractivity contribution < 1.29 is 19.1 Å². The minimum Gasteiger partial charge on any atom is -0.503 e. The Hall–Kier alpha value is -2.47. The van der Waals surface area contributed by atoms with Crippen LogP contribution < -0.4 is 0 Å². The molecule has 2 heterocycles. The van der Waals surface area contributed by atoms with Crippen molar-refractivity contribution in [3.05, 3.63) is 68.9 Å². The summed E-state index contributed by atoms with van der Waals surface area (Å²) >= 11 is 1.46. The van der Waals surface area contributed by atoms with Gasteiger partial charge in [-0.25, -0.2) is 4.39 Å². The molecular formula is C21H22FNO3S. The Labute approximate surface area is 161 Å². The molecule has 1 N–H and O–H groups in total. The Kier molecular flexibility index (Phi) is 5.46. The highest BCUT2D eigenvalue weighted by Gasteiger charge is 2.44. The van der Waals surface area contributed by atoms with E-state index in [0.717, 1.165) is 16.0 Å². The number of benzene rings is 1. The molecule has 1 aliphatic heterocycles. The lowest BCUT2D eigenvalue weighted by Crippen LogP contribution is -2.30. The fraction of sp³-hybridized carbons (Fsp3) is 0.333. The van der Waals surface area contributed by atoms with Crippen molar-refractivity contribution in [1.82, 2.24) is 4.90 Å². The summed E-state index contributed by atoms with van der Waals surface area (Å²) in [5, 5.41) is 12.4. The van der Waals surface area contributed by atoms with Crippen LogP contribution in [0.15, 0.2) is 47.0 Å². The van der Waals surface area contributed by atoms with Crippen LogP contribution in [0.4, 0.5) is 4.39 Å². The second kappa shape index (κ2) is 7.64. The van der Waals surface area contributed by atoms with Crippen LogP contribution in [-0.2, 0) is 16.1 Å². The summed E-state index contributed by atoms with van der Waals surface area (Å²) in [5.41, 5.74) is 1.86. The van der Waals surface area contributed by atoms with Gasteiger partial charge in [0.25, 0.3) is 5.91 Å². The number of carbonyl (C=O) groups is 2. The van der Waals surface area contributed by atoms with Crippen LogP contribution in [0.3, 0.4) is 0 Å². The molecule has 3 rings (SSSR count). The summed E-state index contributed by atoms with van der Waals surface area (Å²) < 4.78 is 13.2. The summed E-state index contributed by atoms with van der Waals surface area (Å²) in [4.78, 5) is 28.0. The van der Waals surface area contributed by atoms with Gasteiger partial charge in [0.2, 0.25) is 0 Å². The monoisotopic (exact) mass is 387 g/mol. The quantitative estimate of drug-likeness (QED) is 0.781. The Bertz CT molecular complexity index is 898. The number of halogens is 1. The number of carbonyl (C=O) groups excluding carboxylic acids is 2. The molecule has 2 aromatic rings. The molecular weight excluding hydrogens is 365 g/mol. The largest absolute Gasteiger partial charge is 0.503 e. The number of hydrogen-bond donors (Lipinski definition) is 1. The SMILES string of the molecule is Cc1ccsc1C1C(C(=O)CC(C)C)=C(O)C(=O)N1Cc1ccc(F)cc1. The van der Waals surface area contributed by atoms with E-state index in [-0.39, 0.29) is 36.1 Å². The summed E-state index contributed by atoms with van der Waals surface area (Å²) in [6.07, 6.45) is 0.262. The van der Waals surface area contributed by atoms with E-state index < -0.39 is 17.7 Å². The maximum Gasteiger partial charge on any atom is 0.290 e. The van der Waals surface area contributed by atoms with Gasteiger partial charge in [-0.15, -0.1) is 11.3 Å². The number of rotatable bonds is 6. The van der Waals surface area contributed by atoms with E-state index in [2.05, 4.69) is 0 Å². The van der Waals surface area contributed by atoms with Gasteiger partial charge in [-0.3, -0.25) is 9.59 Å². The number of thiophene rings is 1. The van der Waals surface area contributed by atoms with Gasteiger partial charge in [-0.2, -0.15) is 0 Å². The number of aliphatic hydroxyl groups excluding tert-OH is 1. The number of hydrogen-bond acceptors (Lipinski definition) is 4. The third kappa shape index (κ3) is 3.81. The third-order valence-electron chi connectivity index (χ3n) is 4.61. The average Bonchev–Trinajstić information content (AvgIpc) is 3.12. The van der Waals surface area contributed by atoms with Crippen molar-refractivity contribution in [1.29, 1.82) is 0 Å². The molecule has 0 radical (unpaired) electrons. The van der Waals surface area contributed by atoms with Crippen molar-refractivity contribution >= 4 is 23.0 Å². The van der Waals surface area contributed by atoms with Gasteiger partial charge >= 0.3 is 0 Å². The van der Waals surface area contributed by atoms with Crippen molar-refractivity contribution in [2.24, 2.45) is 5.92 Å². The van der Waals surface area contributed by atoms with Crippen LogP contribution in [0.1, 0.15) is 42.3 Å². The van der Waals surface area contributed by atoms with Gasteiger partial charge in [-0.05, 0) is 47.5 Å². The summed E-state index contributed by atoms with van der Waals surface area (Å²) in [6.45, 7) is 5.96. The number of ketones is 1. The minimum atomic E-state index is -0.617. The third-order valence-corrected chi connectivity index (χ3v) is 5.69. The summed E-state index contributed by atoms with van der Waals surface area (Å²) in [5.74, 6) is -1.49. The number of amides is 1. The number of nitrogens with zero attached hydrogens (tertiary/aromatic N) is 1. The maximum absolute atomic E-state index is 13.2. The molecule has 6 heteroatoms. The maximum atomic E-state index is 13.2. The van der Waals surface area contributed by atoms with Gasteiger partial charge in [0.15, 0.2) is 11.5 Å². The van der Waals surface area contributed by atoms with Crippen LogP contribution in [0.25, 0.3) is 0 Å². The highest BCUT2D eigenvalue weighted by Crippen LogP contribution is 2.42. The molecule has 4 nitrogen and oxygen atoms in total. The van der Waals surface area contributed by atoms with E-state index in [1.807, 2.05) is 32.2 Å². The van der Waals surface area contributed by atoms with Gasteiger partial charge in [0.05, 0.1) is 11.6 Å². The predicted molar refractivity (Wildman–Crippen MR) is 103 cm³/mol. The first kappa shape index (κ1) is 19.3. The molecule has 1 atom stereocenters. The number of aliphatic hydroxyl groups is 1. The zero-order valence-electron chi connectivity index (χ0n) is 15.5. The molecule has 1 amide bonds. The minimum absolute atomic E-state index is 0.115. The highest BCUT2D eigenvalue weighted by atomic mass is 32.1. The number of aryl methyl sites for hydroxylation is 1. The van der Waals surface area contributed by atoms with E-state index in [0.29, 0.717) is 0 Å². The molecule has 1 aromatic heterocycles. The second-order valence-corrected chi connectivity index (χ2v) is 8.16. The topological polar surface area (TPSA) is 57.6 Å². The first-order valence-corrected chi connectivity index (χ1v) is 9.73. The Morgan fingerprint density at radius 2 is 1.93 bits per heavy atom. The summed E-state index contributed by atoms with van der Waals surface area (Å²) in [7, 11) is 0. The smallest absolute Gasteiger partial charge is 0.290 e. The zero-order valence-corrected chi connectivity index (χ0v) is 16.3. The highest BCUT2D eigenvalue weighted by molar-refractivity contribution is 7.10. The van der Waals surface area contributed by atoms with Crippen LogP contribution in [-0.4, -0.2) is 21.7 Å². The lowest BCUT2D eigenvalue weighted by Gasteiger charge is -2.26. The molecule has 1 aliphatic rings. The molecule has 27 heavy (non-hydrogen) atoms. The van der Waals surface area contributed by atoms with E-state index in [1.165, 1.54) is 28.4 Å². The lowest BCUT2D eigenvalue weighted by atomic mass is 9.94. The molecule has 1 aromatic carbocycles. The van der Waals surface area contributed by atoms with E-state index in [4.69, 9.17) is 0 Å². The van der Waals surface area contributed by atoms with Crippen LogP contribution in [0.2, 0.25) is 0 Å². The molecule has 0 saturated heterocycles. The van der Waals surface area contributed by atoms with Gasteiger partial charge < -0.3 is 10.0 Å². The normalized spacial score (nSPS) is 17.3. The van der Waals surface area contributed by atoms with Crippen molar-refractivity contribution in [3.8, 4) is 0 Å². The fourth-order valence-electron chi connectivity index (χ4n) is 3.31. The standard InChI is InChI=1S/C21H22FNO3S/c1-12(2)10-16(24)17-18(20-13(3)8-9-27-20)23(21(26)19(17)25)11-14-4-6-15(22)7-5-14/h4-9,12,18,25H,10-11H2,1-3H3. The second-order valence-electron chi connectivity index (χ2n) is 7.21. The van der Waals surface area contributed by atoms with E-state index in [1.54, 1.807) is 12.1 Å². The van der Waals surface area contributed by atoms with Crippen molar-refractivity contribution in [3.63, 3.8) is 0 Å². The van der Waals surface area contributed by atoms with E-state index >= 15 is 0 Å². The molecule has 0 spiro atoms. The van der Waals surface area contributed by atoms with Crippen LogP contribution in [0.5, 0.6) is 0 Å². The van der Waals surface area contributed by atoms with Crippen molar-refractivity contribution in [2.75, 3.05) is 0 Å². The molecule has 0 bridgehead atoms. The predicted octanol–water partition coefficient (Wildman–Crippen LogP) is 4.71. The molecule has 0 saturated carbocycles. The molecule has 0 fully saturated rings. The number of Topliss-reactive ketones (excluding diaryl/α,β-unsaturated/α-hetero) is 1. The summed E-state index contributed by atoms with van der Waals surface area (Å²) in [6, 6.07) is 7.19. The van der Waals surface area contributed by atoms with Crippen LogP contribution >= 0.6 is 11.3 Å². The Balaban J connectivity index is 2.02. The molecule has 1 unspecified atom stereocenters. The first-order valence-electron chi connectivity index (χ1n) is 8.85. The lowest BCUT2D eigenvalue weighted by molar-refractivity contribution is -0.130. The van der Waals surface area contributed by atoms with Gasteiger partial charge in [0.1, 0.15) is 5.82 Å². The molecule has 142 valence electrons. The Morgan fingerprint density at radius 1 is 1.26 bits per heavy atom. The van der Waals surface area contributed by atoms with Crippen molar-refractivity contribution in [2.45, 2.75) is 39.8 Å².